The van der Waals surface area contributed by atoms with E-state index in [1.165, 1.54) is 12.4 Å². The molecule has 0 aliphatic carbocycles. The molecule has 2 N–H and O–H groups in total. The summed E-state index contributed by atoms with van der Waals surface area (Å²) in [5.74, 6) is 0.0979. The molecule has 0 saturated carbocycles. The second kappa shape index (κ2) is 13.9. The quantitative estimate of drug-likeness (QED) is 0.635. The molecule has 1 aliphatic rings. The molecule has 0 aromatic heterocycles. The van der Waals surface area contributed by atoms with Crippen LogP contribution in [0.1, 0.15) is 32.3 Å². The second-order valence-electron chi connectivity index (χ2n) is 4.45. The van der Waals surface area contributed by atoms with Gasteiger partial charge in [-0.3, -0.25) is 4.79 Å². The van der Waals surface area contributed by atoms with E-state index in [4.69, 9.17) is 14.8 Å². The van der Waals surface area contributed by atoms with Gasteiger partial charge in [-0.25, -0.2) is 0 Å². The number of hydrogen-bond donors (Lipinski definition) is 2. The molecule has 7 heteroatoms. The maximum absolute atomic E-state index is 11.2. The van der Waals surface area contributed by atoms with Crippen molar-refractivity contribution in [1.29, 1.82) is 0 Å². The van der Waals surface area contributed by atoms with Crippen LogP contribution in [0.5, 0.6) is 0 Å². The van der Waals surface area contributed by atoms with E-state index in [0.717, 1.165) is 23.7 Å². The molecule has 1 aliphatic heterocycles. The molecular weight excluding hydrogens is 346 g/mol. The fraction of sp³-hybridized carbons (Fsp3) is 0.533. The van der Waals surface area contributed by atoms with Crippen LogP contribution in [0.25, 0.3) is 0 Å². The summed E-state index contributed by atoms with van der Waals surface area (Å²) < 4.78 is 6.02. The largest absolute Gasteiger partial charge is 0.465 e. The minimum atomic E-state index is -1.17. The van der Waals surface area contributed by atoms with Crippen LogP contribution in [-0.2, 0) is 16.0 Å². The van der Waals surface area contributed by atoms with Crippen molar-refractivity contribution in [3.05, 3.63) is 34.3 Å². The van der Waals surface area contributed by atoms with Gasteiger partial charge in [0.15, 0.2) is 0 Å². The molecule has 1 fully saturated rings. The van der Waals surface area contributed by atoms with Gasteiger partial charge in [-0.05, 0) is 43.8 Å². The normalized spacial score (nSPS) is 15.4. The Kier molecular flexibility index (Phi) is 14.8. The van der Waals surface area contributed by atoms with Crippen LogP contribution in [0.4, 0.5) is 0 Å². The molecule has 1 saturated heterocycles. The molecule has 1 aromatic rings. The molecule has 2 rings (SSSR count). The van der Waals surface area contributed by atoms with E-state index >= 15 is 0 Å². The zero-order chi connectivity index (χ0) is 16.3. The molecule has 1 unspecified atom stereocenters. The van der Waals surface area contributed by atoms with Crippen molar-refractivity contribution in [2.75, 3.05) is 6.61 Å². The van der Waals surface area contributed by atoms with E-state index in [1.807, 2.05) is 26.0 Å². The Balaban J connectivity index is 0. The van der Waals surface area contributed by atoms with Crippen molar-refractivity contribution in [2.24, 2.45) is 5.92 Å². The van der Waals surface area contributed by atoms with Gasteiger partial charge in [0.05, 0.1) is 12.5 Å². The minimum Gasteiger partial charge on any atom is -0.465 e. The van der Waals surface area contributed by atoms with Gasteiger partial charge < -0.3 is 14.8 Å². The Morgan fingerprint density at radius 3 is 2.18 bits per heavy atom. The monoisotopic (exact) mass is 369 g/mol. The standard InChI is InChI=1S/C12H13BrO2.C2H6.CH5BO2.B/c13-11-5-2-9(3-6-11)1-4-10-7-8-15-12(10)14;1-2;1-2(3)4;/h2-3,5-6,10H,1,4,7-8H2;1-2H3;3-4H,1H3;. The molecule has 22 heavy (non-hydrogen) atoms. The average Bonchev–Trinajstić information content (AvgIpc) is 2.85. The lowest BCUT2D eigenvalue weighted by Crippen LogP contribution is -2.08. The van der Waals surface area contributed by atoms with E-state index in [0.29, 0.717) is 6.61 Å². The Labute approximate surface area is 144 Å². The SMILES string of the molecule is CB(O)O.CC.O=C1OCCC1CCc1ccc(Br)cc1.[B]. The number of esters is 1. The molecule has 121 valence electrons. The molecule has 0 bridgehead atoms. The molecule has 1 atom stereocenters. The lowest BCUT2D eigenvalue weighted by atomic mass is 9.98. The number of benzene rings is 1. The van der Waals surface area contributed by atoms with Gasteiger partial charge in [0.1, 0.15) is 0 Å². The molecule has 0 spiro atoms. The van der Waals surface area contributed by atoms with Crippen LogP contribution in [0, 0.1) is 5.92 Å². The lowest BCUT2D eigenvalue weighted by molar-refractivity contribution is -0.141. The highest BCUT2D eigenvalue weighted by atomic mass is 79.9. The summed E-state index contributed by atoms with van der Waals surface area (Å²) in [6, 6.07) is 8.24. The number of ether oxygens (including phenoxy) is 1. The van der Waals surface area contributed by atoms with Crippen molar-refractivity contribution in [3.8, 4) is 0 Å². The van der Waals surface area contributed by atoms with Crippen LogP contribution in [0.2, 0.25) is 6.82 Å². The summed E-state index contributed by atoms with van der Waals surface area (Å²) in [4.78, 5) is 11.2. The zero-order valence-electron chi connectivity index (χ0n) is 13.5. The predicted molar refractivity (Wildman–Crippen MR) is 94.7 cm³/mol. The van der Waals surface area contributed by atoms with E-state index in [-0.39, 0.29) is 20.3 Å². The summed E-state index contributed by atoms with van der Waals surface area (Å²) in [5.41, 5.74) is 1.28. The van der Waals surface area contributed by atoms with Gasteiger partial charge in [0.25, 0.3) is 0 Å². The topological polar surface area (TPSA) is 66.8 Å². The highest BCUT2D eigenvalue weighted by molar-refractivity contribution is 9.10. The Hall–Kier alpha value is -0.780. The van der Waals surface area contributed by atoms with Crippen LogP contribution < -0.4 is 0 Å². The first-order chi connectivity index (χ1) is 9.99. The number of hydrogen-bond acceptors (Lipinski definition) is 4. The highest BCUT2D eigenvalue weighted by Crippen LogP contribution is 2.21. The fourth-order valence-corrected chi connectivity index (χ4v) is 2.06. The number of cyclic esters (lactones) is 1. The van der Waals surface area contributed by atoms with Gasteiger partial charge in [-0.1, -0.05) is 41.9 Å². The summed E-state index contributed by atoms with van der Waals surface area (Å²) in [6.45, 7) is 5.88. The average molecular weight is 370 g/mol. The number of carbonyl (C=O) groups is 1. The number of halogens is 1. The number of aryl methyl sites for hydroxylation is 1. The fourth-order valence-electron chi connectivity index (χ4n) is 1.79. The van der Waals surface area contributed by atoms with E-state index in [9.17, 15) is 4.79 Å². The van der Waals surface area contributed by atoms with Gasteiger partial charge in [-0.2, -0.15) is 0 Å². The van der Waals surface area contributed by atoms with Crippen LogP contribution >= 0.6 is 15.9 Å². The Morgan fingerprint density at radius 1 is 1.27 bits per heavy atom. The predicted octanol–water partition coefficient (Wildman–Crippen LogP) is 2.68. The third-order valence-corrected chi connectivity index (χ3v) is 3.27. The summed E-state index contributed by atoms with van der Waals surface area (Å²) in [6.07, 6.45) is 2.74. The molecule has 1 aromatic carbocycles. The number of carbonyl (C=O) groups excluding carboxylic acids is 1. The smallest absolute Gasteiger partial charge is 0.448 e. The minimum absolute atomic E-state index is 0. The highest BCUT2D eigenvalue weighted by Gasteiger charge is 2.25. The molecule has 4 nitrogen and oxygen atoms in total. The molecular formula is C15H24B2BrO4. The molecule has 1 heterocycles. The van der Waals surface area contributed by atoms with Crippen LogP contribution in [0.15, 0.2) is 28.7 Å². The maximum Gasteiger partial charge on any atom is 0.448 e. The van der Waals surface area contributed by atoms with E-state index in [2.05, 4.69) is 28.1 Å². The number of rotatable bonds is 3. The van der Waals surface area contributed by atoms with Crippen molar-refractivity contribution in [2.45, 2.75) is 39.9 Å². The third kappa shape index (κ3) is 10.9. The van der Waals surface area contributed by atoms with Crippen LogP contribution in [0.3, 0.4) is 0 Å². The van der Waals surface area contributed by atoms with Gasteiger partial charge in [0, 0.05) is 12.9 Å². The van der Waals surface area contributed by atoms with Crippen molar-refractivity contribution in [1.82, 2.24) is 0 Å². The first kappa shape index (κ1) is 23.5. The second-order valence-corrected chi connectivity index (χ2v) is 5.37. The first-order valence-corrected chi connectivity index (χ1v) is 8.05. The third-order valence-electron chi connectivity index (χ3n) is 2.74. The van der Waals surface area contributed by atoms with Crippen LogP contribution in [-0.4, -0.2) is 38.2 Å². The van der Waals surface area contributed by atoms with Crippen molar-refractivity contribution < 1.29 is 19.6 Å². The van der Waals surface area contributed by atoms with Gasteiger partial charge >= 0.3 is 13.1 Å². The summed E-state index contributed by atoms with van der Waals surface area (Å²) >= 11 is 3.40. The van der Waals surface area contributed by atoms with E-state index in [1.54, 1.807) is 0 Å². The Morgan fingerprint density at radius 2 is 1.77 bits per heavy atom. The molecule has 3 radical (unpaired) electrons. The maximum atomic E-state index is 11.2. The first-order valence-electron chi connectivity index (χ1n) is 7.26. The van der Waals surface area contributed by atoms with Crippen molar-refractivity contribution >= 4 is 37.4 Å². The van der Waals surface area contributed by atoms with Gasteiger partial charge in [-0.15, -0.1) is 0 Å². The zero-order valence-corrected chi connectivity index (χ0v) is 15.0. The van der Waals surface area contributed by atoms with E-state index < -0.39 is 7.12 Å². The van der Waals surface area contributed by atoms with Crippen molar-refractivity contribution in [3.63, 3.8) is 0 Å². The lowest BCUT2D eigenvalue weighted by Gasteiger charge is -2.05. The van der Waals surface area contributed by atoms with Gasteiger partial charge in [0.2, 0.25) is 0 Å². The Bertz CT molecular complexity index is 396. The summed E-state index contributed by atoms with van der Waals surface area (Å²) in [5, 5.41) is 15.2. The summed E-state index contributed by atoms with van der Waals surface area (Å²) in [7, 11) is -1.17. The molecule has 0 amide bonds.